The van der Waals surface area contributed by atoms with Crippen LogP contribution in [0.5, 0.6) is 0 Å². The zero-order valence-electron chi connectivity index (χ0n) is 10.5. The van der Waals surface area contributed by atoms with Gasteiger partial charge in [0.25, 0.3) is 0 Å². The van der Waals surface area contributed by atoms with Gasteiger partial charge in [-0.15, -0.1) is 11.6 Å². The highest BCUT2D eigenvalue weighted by Gasteiger charge is 2.21. The molecule has 1 fully saturated rings. The molecule has 1 aliphatic rings. The average Bonchev–Trinajstić information content (AvgIpc) is 2.43. The van der Waals surface area contributed by atoms with Crippen LogP contribution in [0.15, 0.2) is 6.07 Å². The molecular formula is C13H20ClN3. The number of hydrogen-bond acceptors (Lipinski definition) is 3. The second-order valence-electron chi connectivity index (χ2n) is 4.85. The van der Waals surface area contributed by atoms with Crippen LogP contribution in [0.2, 0.25) is 0 Å². The average molecular weight is 254 g/mol. The lowest BCUT2D eigenvalue weighted by atomic mass is 10.1. The van der Waals surface area contributed by atoms with Gasteiger partial charge in [0.05, 0.1) is 5.38 Å². The van der Waals surface area contributed by atoms with E-state index in [1.165, 1.54) is 19.3 Å². The van der Waals surface area contributed by atoms with E-state index < -0.39 is 0 Å². The van der Waals surface area contributed by atoms with E-state index >= 15 is 0 Å². The van der Waals surface area contributed by atoms with Crippen molar-refractivity contribution in [2.75, 3.05) is 5.32 Å². The van der Waals surface area contributed by atoms with Gasteiger partial charge in [0, 0.05) is 17.8 Å². The Bertz CT molecular complexity index is 361. The van der Waals surface area contributed by atoms with E-state index in [-0.39, 0.29) is 5.38 Å². The highest BCUT2D eigenvalue weighted by molar-refractivity contribution is 6.21. The summed E-state index contributed by atoms with van der Waals surface area (Å²) >= 11 is 6.41. The first-order chi connectivity index (χ1) is 8.15. The molecule has 2 rings (SSSR count). The summed E-state index contributed by atoms with van der Waals surface area (Å²) in [6.45, 7) is 3.91. The Morgan fingerprint density at radius 1 is 1.18 bits per heavy atom. The van der Waals surface area contributed by atoms with Crippen molar-refractivity contribution in [2.45, 2.75) is 57.4 Å². The van der Waals surface area contributed by atoms with Crippen molar-refractivity contribution >= 4 is 17.4 Å². The molecule has 1 aromatic heterocycles. The van der Waals surface area contributed by atoms with Gasteiger partial charge in [0.2, 0.25) is 0 Å². The molecular weight excluding hydrogens is 234 g/mol. The molecule has 1 heterocycles. The molecule has 0 aromatic carbocycles. The van der Waals surface area contributed by atoms with Crippen LogP contribution in [0.25, 0.3) is 0 Å². The van der Waals surface area contributed by atoms with Gasteiger partial charge in [-0.3, -0.25) is 0 Å². The first-order valence-electron chi connectivity index (χ1n) is 6.38. The Morgan fingerprint density at radius 3 is 2.71 bits per heavy atom. The van der Waals surface area contributed by atoms with Crippen molar-refractivity contribution in [3.8, 4) is 0 Å². The molecule has 1 N–H and O–H groups in total. The van der Waals surface area contributed by atoms with Gasteiger partial charge >= 0.3 is 0 Å². The molecule has 2 atom stereocenters. The quantitative estimate of drug-likeness (QED) is 0.648. The van der Waals surface area contributed by atoms with Crippen LogP contribution < -0.4 is 5.32 Å². The van der Waals surface area contributed by atoms with Crippen molar-refractivity contribution in [2.24, 2.45) is 0 Å². The van der Waals surface area contributed by atoms with E-state index in [2.05, 4.69) is 15.3 Å². The monoisotopic (exact) mass is 253 g/mol. The van der Waals surface area contributed by atoms with Crippen LogP contribution in [0.3, 0.4) is 0 Å². The number of aromatic nitrogens is 2. The highest BCUT2D eigenvalue weighted by atomic mass is 35.5. The molecule has 4 heteroatoms. The maximum atomic E-state index is 6.41. The normalized spacial score (nSPS) is 25.4. The van der Waals surface area contributed by atoms with Crippen LogP contribution in [0.4, 0.5) is 5.82 Å². The first-order valence-corrected chi connectivity index (χ1v) is 6.81. The summed E-state index contributed by atoms with van der Waals surface area (Å²) in [6.07, 6.45) is 6.03. The zero-order chi connectivity index (χ0) is 12.3. The minimum Gasteiger partial charge on any atom is -0.366 e. The van der Waals surface area contributed by atoms with Crippen LogP contribution >= 0.6 is 11.6 Å². The molecule has 1 aliphatic carbocycles. The van der Waals surface area contributed by atoms with E-state index in [4.69, 9.17) is 11.6 Å². The number of alkyl halides is 1. The molecule has 0 spiro atoms. The number of hydrogen-bond donors (Lipinski definition) is 1. The Labute approximate surface area is 108 Å². The van der Waals surface area contributed by atoms with Gasteiger partial charge in [-0.25, -0.2) is 9.97 Å². The molecule has 1 saturated carbocycles. The Hall–Kier alpha value is -0.830. The number of nitrogens with one attached hydrogen (secondary N) is 1. The predicted octanol–water partition coefficient (Wildman–Crippen LogP) is 3.45. The molecule has 0 bridgehead atoms. The summed E-state index contributed by atoms with van der Waals surface area (Å²) in [4.78, 5) is 8.69. The first kappa shape index (κ1) is 12.6. The molecule has 0 saturated heterocycles. The number of halogens is 1. The van der Waals surface area contributed by atoms with E-state index in [1.807, 2.05) is 19.9 Å². The third kappa shape index (κ3) is 3.56. The second kappa shape index (κ2) is 5.67. The number of aryl methyl sites for hydroxylation is 2. The van der Waals surface area contributed by atoms with Crippen LogP contribution in [-0.2, 0) is 0 Å². The molecule has 17 heavy (non-hydrogen) atoms. The van der Waals surface area contributed by atoms with Gasteiger partial charge in [-0.1, -0.05) is 19.3 Å². The smallest absolute Gasteiger partial charge is 0.130 e. The van der Waals surface area contributed by atoms with Crippen molar-refractivity contribution in [3.63, 3.8) is 0 Å². The summed E-state index contributed by atoms with van der Waals surface area (Å²) in [6, 6.07) is 2.33. The van der Waals surface area contributed by atoms with Gasteiger partial charge in [0.1, 0.15) is 11.6 Å². The maximum absolute atomic E-state index is 6.41. The highest BCUT2D eigenvalue weighted by Crippen LogP contribution is 2.24. The SMILES string of the molecule is Cc1cc(NC2CCCCCC2Cl)nc(C)n1. The minimum atomic E-state index is 0.216. The van der Waals surface area contributed by atoms with Crippen LogP contribution in [0, 0.1) is 13.8 Å². The number of rotatable bonds is 2. The lowest BCUT2D eigenvalue weighted by Crippen LogP contribution is -2.29. The fourth-order valence-corrected chi connectivity index (χ4v) is 2.75. The summed E-state index contributed by atoms with van der Waals surface area (Å²) < 4.78 is 0. The third-order valence-electron chi connectivity index (χ3n) is 3.23. The third-order valence-corrected chi connectivity index (χ3v) is 3.75. The Morgan fingerprint density at radius 2 is 1.94 bits per heavy atom. The Kier molecular flexibility index (Phi) is 4.21. The largest absolute Gasteiger partial charge is 0.366 e. The fraction of sp³-hybridized carbons (Fsp3) is 0.692. The number of nitrogens with zero attached hydrogens (tertiary/aromatic N) is 2. The van der Waals surface area contributed by atoms with Gasteiger partial charge in [-0.05, 0) is 26.7 Å². The van der Waals surface area contributed by atoms with Crippen molar-refractivity contribution in [3.05, 3.63) is 17.6 Å². The van der Waals surface area contributed by atoms with Gasteiger partial charge in [-0.2, -0.15) is 0 Å². The van der Waals surface area contributed by atoms with Crippen LogP contribution in [-0.4, -0.2) is 21.4 Å². The van der Waals surface area contributed by atoms with E-state index in [0.29, 0.717) is 6.04 Å². The summed E-state index contributed by atoms with van der Waals surface area (Å²) in [7, 11) is 0. The number of anilines is 1. The molecule has 2 unspecified atom stereocenters. The van der Waals surface area contributed by atoms with Crippen molar-refractivity contribution < 1.29 is 0 Å². The van der Waals surface area contributed by atoms with Gasteiger partial charge in [0.15, 0.2) is 0 Å². The topological polar surface area (TPSA) is 37.8 Å². The Balaban J connectivity index is 2.07. The lowest BCUT2D eigenvalue weighted by molar-refractivity contribution is 0.624. The summed E-state index contributed by atoms with van der Waals surface area (Å²) in [5.41, 5.74) is 1.000. The molecule has 3 nitrogen and oxygen atoms in total. The van der Waals surface area contributed by atoms with Crippen molar-refractivity contribution in [1.82, 2.24) is 9.97 Å². The van der Waals surface area contributed by atoms with E-state index in [9.17, 15) is 0 Å². The zero-order valence-corrected chi connectivity index (χ0v) is 11.3. The summed E-state index contributed by atoms with van der Waals surface area (Å²) in [5.74, 6) is 1.72. The molecule has 1 aromatic rings. The molecule has 0 radical (unpaired) electrons. The van der Waals surface area contributed by atoms with E-state index in [0.717, 1.165) is 30.2 Å². The molecule has 94 valence electrons. The molecule has 0 aliphatic heterocycles. The van der Waals surface area contributed by atoms with Crippen molar-refractivity contribution in [1.29, 1.82) is 0 Å². The lowest BCUT2D eigenvalue weighted by Gasteiger charge is -2.22. The predicted molar refractivity (Wildman–Crippen MR) is 71.6 cm³/mol. The van der Waals surface area contributed by atoms with Gasteiger partial charge < -0.3 is 5.32 Å². The minimum absolute atomic E-state index is 0.216. The fourth-order valence-electron chi connectivity index (χ4n) is 2.41. The second-order valence-corrected chi connectivity index (χ2v) is 5.41. The van der Waals surface area contributed by atoms with Crippen LogP contribution in [0.1, 0.15) is 43.6 Å². The standard InChI is InChI=1S/C13H20ClN3/c1-9-8-13(16-10(2)15-9)17-12-7-5-3-4-6-11(12)14/h8,11-12H,3-7H2,1-2H3,(H,15,16,17). The maximum Gasteiger partial charge on any atom is 0.130 e. The molecule has 0 amide bonds. The van der Waals surface area contributed by atoms with E-state index in [1.54, 1.807) is 0 Å². The summed E-state index contributed by atoms with van der Waals surface area (Å²) in [5, 5.41) is 3.69.